The summed E-state index contributed by atoms with van der Waals surface area (Å²) in [4.78, 5) is 16.6. The number of hydrogen-bond acceptors (Lipinski definition) is 3. The van der Waals surface area contributed by atoms with Gasteiger partial charge in [-0.25, -0.2) is 4.39 Å². The summed E-state index contributed by atoms with van der Waals surface area (Å²) < 4.78 is 13.2. The van der Waals surface area contributed by atoms with E-state index in [1.54, 1.807) is 36.4 Å². The Balaban J connectivity index is 1.43. The number of amides is 1. The average molecular weight is 396 g/mol. The first-order valence-corrected chi connectivity index (χ1v) is 9.19. The predicted octanol–water partition coefficient (Wildman–Crippen LogP) is 3.89. The lowest BCUT2D eigenvalue weighted by Gasteiger charge is -2.34. The van der Waals surface area contributed by atoms with Crippen molar-refractivity contribution in [2.24, 2.45) is 0 Å². The van der Waals surface area contributed by atoms with E-state index in [2.05, 4.69) is 15.1 Å². The van der Waals surface area contributed by atoms with Crippen molar-refractivity contribution in [3.05, 3.63) is 63.9 Å². The lowest BCUT2D eigenvalue weighted by Crippen LogP contribution is -2.48. The first kappa shape index (κ1) is 19.1. The van der Waals surface area contributed by atoms with Crippen molar-refractivity contribution in [2.45, 2.75) is 6.54 Å². The van der Waals surface area contributed by atoms with Crippen molar-refractivity contribution in [2.75, 3.05) is 38.0 Å². The molecule has 3 rings (SSSR count). The monoisotopic (exact) mass is 395 g/mol. The van der Waals surface area contributed by atoms with Gasteiger partial charge in [-0.05, 0) is 42.0 Å². The number of carbonyl (C=O) groups is 1. The molecule has 1 aliphatic rings. The number of piperazine rings is 1. The summed E-state index contributed by atoms with van der Waals surface area (Å²) in [7, 11) is 0. The van der Waals surface area contributed by atoms with E-state index in [0.29, 0.717) is 11.6 Å². The molecule has 138 valence electrons. The van der Waals surface area contributed by atoms with E-state index >= 15 is 0 Å². The van der Waals surface area contributed by atoms with Gasteiger partial charge in [-0.2, -0.15) is 0 Å². The molecule has 0 unspecified atom stereocenters. The van der Waals surface area contributed by atoms with Crippen LogP contribution in [0.3, 0.4) is 0 Å². The first-order valence-electron chi connectivity index (χ1n) is 8.43. The van der Waals surface area contributed by atoms with Crippen molar-refractivity contribution < 1.29 is 9.18 Å². The van der Waals surface area contributed by atoms with Crippen molar-refractivity contribution in [3.63, 3.8) is 0 Å². The van der Waals surface area contributed by atoms with Gasteiger partial charge in [-0.15, -0.1) is 0 Å². The van der Waals surface area contributed by atoms with Crippen LogP contribution in [-0.4, -0.2) is 48.4 Å². The van der Waals surface area contributed by atoms with Crippen LogP contribution in [0.25, 0.3) is 0 Å². The second kappa shape index (κ2) is 8.82. The molecular formula is C19H20Cl2FN3O. The fourth-order valence-electron chi connectivity index (χ4n) is 2.94. The Morgan fingerprint density at radius 1 is 1.00 bits per heavy atom. The quantitative estimate of drug-likeness (QED) is 0.833. The Bertz CT molecular complexity index is 762. The molecule has 1 aliphatic heterocycles. The summed E-state index contributed by atoms with van der Waals surface area (Å²) in [6, 6.07) is 11.9. The minimum Gasteiger partial charge on any atom is -0.325 e. The van der Waals surface area contributed by atoms with Crippen LogP contribution in [0.5, 0.6) is 0 Å². The second-order valence-corrected chi connectivity index (χ2v) is 7.20. The summed E-state index contributed by atoms with van der Waals surface area (Å²) in [5.74, 6) is -0.432. The highest BCUT2D eigenvalue weighted by atomic mass is 35.5. The summed E-state index contributed by atoms with van der Waals surface area (Å²) in [6.07, 6.45) is 0. The predicted molar refractivity (Wildman–Crippen MR) is 103 cm³/mol. The topological polar surface area (TPSA) is 35.6 Å². The molecule has 0 radical (unpaired) electrons. The Morgan fingerprint density at radius 2 is 1.65 bits per heavy atom. The van der Waals surface area contributed by atoms with Gasteiger partial charge in [0.2, 0.25) is 5.91 Å². The van der Waals surface area contributed by atoms with Crippen LogP contribution in [0.2, 0.25) is 10.0 Å². The highest BCUT2D eigenvalue weighted by Gasteiger charge is 2.19. The zero-order chi connectivity index (χ0) is 18.5. The number of carbonyl (C=O) groups excluding carboxylic acids is 1. The molecule has 7 heteroatoms. The third-order valence-electron chi connectivity index (χ3n) is 4.35. The molecular weight excluding hydrogens is 376 g/mol. The maximum atomic E-state index is 13.2. The van der Waals surface area contributed by atoms with E-state index in [9.17, 15) is 9.18 Å². The van der Waals surface area contributed by atoms with E-state index in [1.165, 1.54) is 6.07 Å². The molecule has 1 heterocycles. The first-order chi connectivity index (χ1) is 12.5. The number of halogens is 3. The van der Waals surface area contributed by atoms with Gasteiger partial charge in [0.25, 0.3) is 0 Å². The van der Waals surface area contributed by atoms with E-state index in [4.69, 9.17) is 23.2 Å². The number of benzene rings is 2. The molecule has 1 amide bonds. The summed E-state index contributed by atoms with van der Waals surface area (Å²) in [6.45, 7) is 4.40. The zero-order valence-corrected chi connectivity index (χ0v) is 15.7. The lowest BCUT2D eigenvalue weighted by atomic mass is 10.2. The minimum absolute atomic E-state index is 0.0360. The van der Waals surface area contributed by atoms with Gasteiger partial charge in [-0.1, -0.05) is 29.3 Å². The molecule has 4 nitrogen and oxygen atoms in total. The molecule has 1 fully saturated rings. The van der Waals surface area contributed by atoms with Gasteiger partial charge in [0.05, 0.1) is 11.6 Å². The molecule has 0 atom stereocenters. The van der Waals surface area contributed by atoms with Gasteiger partial charge in [0.15, 0.2) is 0 Å². The van der Waals surface area contributed by atoms with Crippen LogP contribution in [0, 0.1) is 5.82 Å². The molecule has 0 spiro atoms. The highest BCUT2D eigenvalue weighted by Crippen LogP contribution is 2.18. The van der Waals surface area contributed by atoms with E-state index in [0.717, 1.165) is 44.0 Å². The van der Waals surface area contributed by atoms with Crippen LogP contribution in [0.15, 0.2) is 42.5 Å². The van der Waals surface area contributed by atoms with Crippen molar-refractivity contribution >= 4 is 34.8 Å². The summed E-state index contributed by atoms with van der Waals surface area (Å²) in [5.41, 5.74) is 1.73. The zero-order valence-electron chi connectivity index (χ0n) is 14.2. The van der Waals surface area contributed by atoms with Gasteiger partial charge in [0, 0.05) is 43.4 Å². The summed E-state index contributed by atoms with van der Waals surface area (Å²) in [5, 5.41) is 3.67. The number of anilines is 1. The average Bonchev–Trinajstić information content (AvgIpc) is 2.62. The molecule has 1 N–H and O–H groups in total. The van der Waals surface area contributed by atoms with Crippen LogP contribution in [0.1, 0.15) is 5.56 Å². The third kappa shape index (κ3) is 5.42. The molecule has 0 aromatic heterocycles. The molecule has 2 aromatic rings. The number of nitrogens with zero attached hydrogens (tertiary/aromatic N) is 2. The fraction of sp³-hybridized carbons (Fsp3) is 0.316. The van der Waals surface area contributed by atoms with Crippen LogP contribution in [0.4, 0.5) is 10.1 Å². The SMILES string of the molecule is O=C(CN1CCN(Cc2ccc(F)c(Cl)c2)CC1)Nc1ccc(Cl)cc1. The van der Waals surface area contributed by atoms with Gasteiger partial charge >= 0.3 is 0 Å². The van der Waals surface area contributed by atoms with Gasteiger partial charge < -0.3 is 5.32 Å². The van der Waals surface area contributed by atoms with Gasteiger partial charge in [0.1, 0.15) is 5.82 Å². The molecule has 0 bridgehead atoms. The normalized spacial score (nSPS) is 15.8. The molecule has 2 aromatic carbocycles. The van der Waals surface area contributed by atoms with E-state index in [-0.39, 0.29) is 10.9 Å². The maximum absolute atomic E-state index is 13.2. The Morgan fingerprint density at radius 3 is 2.31 bits per heavy atom. The smallest absolute Gasteiger partial charge is 0.238 e. The van der Waals surface area contributed by atoms with Crippen LogP contribution < -0.4 is 5.32 Å². The number of rotatable bonds is 5. The molecule has 0 aliphatic carbocycles. The van der Waals surface area contributed by atoms with Crippen molar-refractivity contribution in [1.82, 2.24) is 9.80 Å². The Labute approximate surface area is 162 Å². The van der Waals surface area contributed by atoms with Crippen molar-refractivity contribution in [3.8, 4) is 0 Å². The van der Waals surface area contributed by atoms with Crippen LogP contribution in [-0.2, 0) is 11.3 Å². The van der Waals surface area contributed by atoms with E-state index < -0.39 is 5.82 Å². The number of nitrogens with one attached hydrogen (secondary N) is 1. The lowest BCUT2D eigenvalue weighted by molar-refractivity contribution is -0.117. The third-order valence-corrected chi connectivity index (χ3v) is 4.89. The van der Waals surface area contributed by atoms with Crippen LogP contribution >= 0.6 is 23.2 Å². The van der Waals surface area contributed by atoms with Gasteiger partial charge in [-0.3, -0.25) is 14.6 Å². The largest absolute Gasteiger partial charge is 0.325 e. The van der Waals surface area contributed by atoms with Crippen molar-refractivity contribution in [1.29, 1.82) is 0 Å². The fourth-order valence-corrected chi connectivity index (χ4v) is 3.27. The standard InChI is InChI=1S/C19H20Cl2FN3O/c20-15-2-4-16(5-3-15)23-19(26)13-25-9-7-24(8-10-25)12-14-1-6-18(22)17(21)11-14/h1-6,11H,7-10,12-13H2,(H,23,26). The second-order valence-electron chi connectivity index (χ2n) is 6.36. The minimum atomic E-state index is -0.396. The van der Waals surface area contributed by atoms with E-state index in [1.807, 2.05) is 0 Å². The highest BCUT2D eigenvalue weighted by molar-refractivity contribution is 6.31. The maximum Gasteiger partial charge on any atom is 0.238 e. The Hall–Kier alpha value is -1.66. The molecule has 26 heavy (non-hydrogen) atoms. The number of hydrogen-bond donors (Lipinski definition) is 1. The molecule has 0 saturated carbocycles. The Kier molecular flexibility index (Phi) is 6.48. The molecule has 1 saturated heterocycles. The summed E-state index contributed by atoms with van der Waals surface area (Å²) >= 11 is 11.7.